The predicted molar refractivity (Wildman–Crippen MR) is 125 cm³/mol. The van der Waals surface area contributed by atoms with Gasteiger partial charge in [0.25, 0.3) is 5.91 Å². The molecule has 2 aromatic rings. The Morgan fingerprint density at radius 2 is 2.03 bits per heavy atom. The molecule has 4 nitrogen and oxygen atoms in total. The van der Waals surface area contributed by atoms with Crippen molar-refractivity contribution in [2.75, 3.05) is 19.6 Å². The van der Waals surface area contributed by atoms with Gasteiger partial charge in [0.05, 0.1) is 6.04 Å². The van der Waals surface area contributed by atoms with E-state index in [2.05, 4.69) is 54.5 Å². The molecule has 3 aliphatic rings. The van der Waals surface area contributed by atoms with Crippen LogP contribution in [-0.4, -0.2) is 36.5 Å². The van der Waals surface area contributed by atoms with Crippen molar-refractivity contribution in [2.45, 2.75) is 64.6 Å². The van der Waals surface area contributed by atoms with Crippen LogP contribution in [0.1, 0.15) is 76.4 Å². The van der Waals surface area contributed by atoms with Crippen molar-refractivity contribution in [3.8, 4) is 0 Å². The number of carbonyl (C=O) groups excluding carboxylic acids is 1. The van der Waals surface area contributed by atoms with Crippen molar-refractivity contribution >= 4 is 5.91 Å². The summed E-state index contributed by atoms with van der Waals surface area (Å²) in [4.78, 5) is 16.4. The third-order valence-corrected chi connectivity index (χ3v) is 7.96. The van der Waals surface area contributed by atoms with Crippen molar-refractivity contribution < 1.29 is 4.79 Å². The van der Waals surface area contributed by atoms with Crippen LogP contribution in [0.3, 0.4) is 0 Å². The Labute approximate surface area is 186 Å². The topological polar surface area (TPSA) is 44.4 Å². The first-order chi connectivity index (χ1) is 15.0. The van der Waals surface area contributed by atoms with E-state index in [9.17, 15) is 4.79 Å². The van der Waals surface area contributed by atoms with Gasteiger partial charge in [-0.2, -0.15) is 0 Å². The summed E-state index contributed by atoms with van der Waals surface area (Å²) >= 11 is 0. The van der Waals surface area contributed by atoms with Gasteiger partial charge in [-0.05, 0) is 86.7 Å². The molecule has 4 atom stereocenters. The monoisotopic (exact) mass is 417 g/mol. The first kappa shape index (κ1) is 20.7. The van der Waals surface area contributed by atoms with Gasteiger partial charge in [-0.3, -0.25) is 9.69 Å². The number of carbonyl (C=O) groups is 1. The number of hydrogen-bond acceptors (Lipinski definition) is 3. The van der Waals surface area contributed by atoms with Gasteiger partial charge in [0.2, 0.25) is 0 Å². The Bertz CT molecular complexity index is 970. The van der Waals surface area contributed by atoms with E-state index in [1.807, 2.05) is 18.2 Å². The molecule has 0 aromatic heterocycles. The molecule has 0 unspecified atom stereocenters. The number of nitrogens with one attached hydrogen (secondary N) is 2. The highest BCUT2D eigenvalue weighted by molar-refractivity contribution is 5.98. The SMILES string of the molecule is Cc1cc2c(c(C(=O)N[C@H](C)c3ccccc3)c1C)[C@@H]1C[C@@H]3NCCC[C@@H]3CN1CC2. The Hall–Kier alpha value is -2.17. The summed E-state index contributed by atoms with van der Waals surface area (Å²) in [5.74, 6) is 0.836. The average Bonchev–Trinajstić information content (AvgIpc) is 2.79. The van der Waals surface area contributed by atoms with Gasteiger partial charge in [0.15, 0.2) is 0 Å². The van der Waals surface area contributed by atoms with Gasteiger partial charge in [-0.1, -0.05) is 36.4 Å². The molecule has 3 aliphatic heterocycles. The van der Waals surface area contributed by atoms with Gasteiger partial charge in [-0.15, -0.1) is 0 Å². The molecule has 3 heterocycles. The van der Waals surface area contributed by atoms with Gasteiger partial charge in [0, 0.05) is 30.7 Å². The van der Waals surface area contributed by atoms with Crippen molar-refractivity contribution in [3.63, 3.8) is 0 Å². The fourth-order valence-electron chi connectivity index (χ4n) is 6.12. The van der Waals surface area contributed by atoms with E-state index in [0.29, 0.717) is 12.1 Å². The Kier molecular flexibility index (Phi) is 5.61. The maximum Gasteiger partial charge on any atom is 0.252 e. The minimum atomic E-state index is -0.0142. The molecule has 4 heteroatoms. The zero-order chi connectivity index (χ0) is 21.5. The third-order valence-electron chi connectivity index (χ3n) is 7.96. The predicted octanol–water partition coefficient (Wildman–Crippen LogP) is 4.47. The molecule has 1 amide bonds. The molecule has 0 aliphatic carbocycles. The lowest BCUT2D eigenvalue weighted by Gasteiger charge is -2.49. The number of benzene rings is 2. The zero-order valence-corrected chi connectivity index (χ0v) is 19.1. The minimum Gasteiger partial charge on any atom is -0.346 e. The second kappa shape index (κ2) is 8.40. The molecule has 2 saturated heterocycles. The van der Waals surface area contributed by atoms with Gasteiger partial charge in [-0.25, -0.2) is 0 Å². The van der Waals surface area contributed by atoms with Crippen molar-refractivity contribution in [2.24, 2.45) is 5.92 Å². The number of nitrogens with zero attached hydrogens (tertiary/aromatic N) is 1. The number of rotatable bonds is 3. The molecule has 2 aromatic carbocycles. The average molecular weight is 418 g/mol. The van der Waals surface area contributed by atoms with Gasteiger partial charge in [0.1, 0.15) is 0 Å². The van der Waals surface area contributed by atoms with Crippen molar-refractivity contribution in [3.05, 3.63) is 69.8 Å². The van der Waals surface area contributed by atoms with Crippen LogP contribution in [0.2, 0.25) is 0 Å². The standard InChI is InChI=1S/C27H35N3O/c1-17-14-21-11-13-30-16-22-10-7-12-28-23(22)15-24(30)26(21)25(18(17)2)27(31)29-19(3)20-8-5-4-6-9-20/h4-6,8-9,14,19,22-24,28H,7,10-13,15-16H2,1-3H3,(H,29,31)/t19-,22-,23+,24+/m1/s1. The molecule has 0 bridgehead atoms. The second-order valence-electron chi connectivity index (χ2n) is 9.83. The molecular weight excluding hydrogens is 382 g/mol. The summed E-state index contributed by atoms with van der Waals surface area (Å²) in [5.41, 5.74) is 7.13. The summed E-state index contributed by atoms with van der Waals surface area (Å²) in [6, 6.07) is 13.5. The Morgan fingerprint density at radius 3 is 2.84 bits per heavy atom. The van der Waals surface area contributed by atoms with Crippen LogP contribution in [-0.2, 0) is 6.42 Å². The molecule has 5 rings (SSSR count). The lowest BCUT2D eigenvalue weighted by molar-refractivity contribution is 0.0542. The molecule has 31 heavy (non-hydrogen) atoms. The summed E-state index contributed by atoms with van der Waals surface area (Å²) < 4.78 is 0. The molecule has 164 valence electrons. The normalized spacial score (nSPS) is 26.4. The zero-order valence-electron chi connectivity index (χ0n) is 19.1. The van der Waals surface area contributed by atoms with Crippen LogP contribution in [0, 0.1) is 19.8 Å². The lowest BCUT2D eigenvalue weighted by atomic mass is 9.75. The Morgan fingerprint density at radius 1 is 1.23 bits per heavy atom. The van der Waals surface area contributed by atoms with E-state index in [-0.39, 0.29) is 11.9 Å². The molecule has 2 fully saturated rings. The number of amides is 1. The highest BCUT2D eigenvalue weighted by atomic mass is 16.1. The van der Waals surface area contributed by atoms with E-state index in [0.717, 1.165) is 55.1 Å². The van der Waals surface area contributed by atoms with Crippen LogP contribution in [0.4, 0.5) is 0 Å². The maximum atomic E-state index is 13.7. The van der Waals surface area contributed by atoms with Crippen molar-refractivity contribution in [1.29, 1.82) is 0 Å². The van der Waals surface area contributed by atoms with E-state index in [1.54, 1.807) is 0 Å². The third kappa shape index (κ3) is 3.81. The number of hydrogen-bond donors (Lipinski definition) is 2. The van der Waals surface area contributed by atoms with Crippen LogP contribution < -0.4 is 10.6 Å². The number of piperidine rings is 2. The van der Waals surface area contributed by atoms with E-state index in [4.69, 9.17) is 0 Å². The summed E-state index contributed by atoms with van der Waals surface area (Å²) in [5, 5.41) is 7.10. The lowest BCUT2D eigenvalue weighted by Crippen LogP contribution is -2.55. The van der Waals surface area contributed by atoms with Crippen LogP contribution in [0.15, 0.2) is 36.4 Å². The number of fused-ring (bicyclic) bond motifs is 4. The minimum absolute atomic E-state index is 0.0142. The molecule has 0 radical (unpaired) electrons. The number of aryl methyl sites for hydroxylation is 1. The molecule has 0 spiro atoms. The maximum absolute atomic E-state index is 13.7. The van der Waals surface area contributed by atoms with Crippen LogP contribution in [0.5, 0.6) is 0 Å². The summed E-state index contributed by atoms with van der Waals surface area (Å²) in [7, 11) is 0. The van der Waals surface area contributed by atoms with Crippen molar-refractivity contribution in [1.82, 2.24) is 15.5 Å². The summed E-state index contributed by atoms with van der Waals surface area (Å²) in [6.07, 6.45) is 4.79. The quantitative estimate of drug-likeness (QED) is 0.775. The fourth-order valence-corrected chi connectivity index (χ4v) is 6.12. The van der Waals surface area contributed by atoms with Crippen LogP contribution in [0.25, 0.3) is 0 Å². The van der Waals surface area contributed by atoms with E-state index >= 15 is 0 Å². The highest BCUT2D eigenvalue weighted by Crippen LogP contribution is 2.43. The molecule has 2 N–H and O–H groups in total. The van der Waals surface area contributed by atoms with E-state index in [1.165, 1.54) is 29.5 Å². The first-order valence-electron chi connectivity index (χ1n) is 12.0. The first-order valence-corrected chi connectivity index (χ1v) is 12.0. The molecule has 0 saturated carbocycles. The largest absolute Gasteiger partial charge is 0.346 e. The Balaban J connectivity index is 1.50. The van der Waals surface area contributed by atoms with Gasteiger partial charge < -0.3 is 10.6 Å². The van der Waals surface area contributed by atoms with Crippen LogP contribution >= 0.6 is 0 Å². The fraction of sp³-hybridized carbons (Fsp3) is 0.519. The second-order valence-corrected chi connectivity index (χ2v) is 9.83. The van der Waals surface area contributed by atoms with Gasteiger partial charge >= 0.3 is 0 Å². The highest BCUT2D eigenvalue weighted by Gasteiger charge is 2.41. The van der Waals surface area contributed by atoms with E-state index < -0.39 is 0 Å². The molecular formula is C27H35N3O. The smallest absolute Gasteiger partial charge is 0.252 e. The summed E-state index contributed by atoms with van der Waals surface area (Å²) in [6.45, 7) is 9.77.